The number of isocyanates is 1. The number of likely N-dealkylation sites (tertiary alicyclic amines) is 1. The highest BCUT2D eigenvalue weighted by Gasteiger charge is 2.38. The second-order valence-corrected chi connectivity index (χ2v) is 5.50. The molecule has 0 aromatic heterocycles. The van der Waals surface area contributed by atoms with Crippen molar-refractivity contribution in [2.75, 3.05) is 6.54 Å². The summed E-state index contributed by atoms with van der Waals surface area (Å²) in [6, 6.07) is -0.559. The van der Waals surface area contributed by atoms with Crippen molar-refractivity contribution in [2.24, 2.45) is 10.4 Å². The SMILES string of the molecule is C=C(C)[C@@H](CN1C(=O)CC(C)(C)CC1=O)N=C=O. The van der Waals surface area contributed by atoms with Crippen molar-refractivity contribution in [3.8, 4) is 0 Å². The van der Waals surface area contributed by atoms with Crippen LogP contribution in [0.25, 0.3) is 0 Å². The summed E-state index contributed by atoms with van der Waals surface area (Å²) in [4.78, 5) is 38.9. The van der Waals surface area contributed by atoms with Gasteiger partial charge in [0.05, 0.1) is 6.54 Å². The summed E-state index contributed by atoms with van der Waals surface area (Å²) in [5.41, 5.74) is 0.334. The van der Waals surface area contributed by atoms with Gasteiger partial charge >= 0.3 is 0 Å². The molecule has 0 unspecified atom stereocenters. The Hall–Kier alpha value is -1.74. The normalized spacial score (nSPS) is 20.3. The molecule has 1 rings (SSSR count). The second kappa shape index (κ2) is 5.27. The Kier molecular flexibility index (Phi) is 4.19. The number of amides is 2. The maximum atomic E-state index is 11.9. The molecule has 1 fully saturated rings. The molecule has 1 atom stereocenters. The van der Waals surface area contributed by atoms with Crippen LogP contribution in [0.2, 0.25) is 0 Å². The standard InChI is InChI=1S/C13H18N2O3/c1-9(2)10(14-8-16)7-15-11(17)5-13(3,4)6-12(15)18/h10H,1,5-7H2,2-4H3/t10-/m1/s1. The molecular weight excluding hydrogens is 232 g/mol. The molecule has 0 aliphatic carbocycles. The van der Waals surface area contributed by atoms with E-state index < -0.39 is 6.04 Å². The first-order valence-corrected chi connectivity index (χ1v) is 5.82. The number of piperidine rings is 1. The first kappa shape index (κ1) is 14.3. The average molecular weight is 250 g/mol. The molecule has 0 radical (unpaired) electrons. The van der Waals surface area contributed by atoms with Gasteiger partial charge in [-0.15, -0.1) is 0 Å². The van der Waals surface area contributed by atoms with E-state index in [1.54, 1.807) is 6.92 Å². The lowest BCUT2D eigenvalue weighted by molar-refractivity contribution is -0.152. The number of nitrogens with zero attached hydrogens (tertiary/aromatic N) is 2. The molecule has 5 heteroatoms. The lowest BCUT2D eigenvalue weighted by Crippen LogP contribution is -2.48. The van der Waals surface area contributed by atoms with E-state index in [0.29, 0.717) is 18.4 Å². The summed E-state index contributed by atoms with van der Waals surface area (Å²) in [5.74, 6) is -0.438. The molecule has 0 aromatic rings. The van der Waals surface area contributed by atoms with Crippen molar-refractivity contribution in [3.05, 3.63) is 12.2 Å². The molecule has 0 saturated carbocycles. The summed E-state index contributed by atoms with van der Waals surface area (Å²) in [5, 5.41) is 0. The minimum atomic E-state index is -0.559. The lowest BCUT2D eigenvalue weighted by Gasteiger charge is -2.35. The highest BCUT2D eigenvalue weighted by molar-refractivity contribution is 5.98. The van der Waals surface area contributed by atoms with E-state index in [1.165, 1.54) is 11.0 Å². The molecule has 98 valence electrons. The molecule has 0 bridgehead atoms. The van der Waals surface area contributed by atoms with Crippen molar-refractivity contribution < 1.29 is 14.4 Å². The third-order valence-electron chi connectivity index (χ3n) is 2.99. The zero-order valence-corrected chi connectivity index (χ0v) is 11.0. The third kappa shape index (κ3) is 3.37. The third-order valence-corrected chi connectivity index (χ3v) is 2.99. The minimum Gasteiger partial charge on any atom is -0.280 e. The lowest BCUT2D eigenvalue weighted by atomic mass is 9.81. The summed E-state index contributed by atoms with van der Waals surface area (Å²) in [6.45, 7) is 9.26. The smallest absolute Gasteiger partial charge is 0.235 e. The van der Waals surface area contributed by atoms with Crippen LogP contribution in [0.4, 0.5) is 0 Å². The van der Waals surface area contributed by atoms with Gasteiger partial charge < -0.3 is 0 Å². The molecule has 0 spiro atoms. The Balaban J connectivity index is 2.84. The second-order valence-electron chi connectivity index (χ2n) is 5.50. The summed E-state index contributed by atoms with van der Waals surface area (Å²) < 4.78 is 0. The van der Waals surface area contributed by atoms with Crippen LogP contribution in [0.5, 0.6) is 0 Å². The summed E-state index contributed by atoms with van der Waals surface area (Å²) in [6.07, 6.45) is 2.10. The van der Waals surface area contributed by atoms with Gasteiger partial charge in [-0.2, -0.15) is 4.99 Å². The van der Waals surface area contributed by atoms with Gasteiger partial charge in [0.1, 0.15) is 6.04 Å². The molecule has 1 heterocycles. The maximum absolute atomic E-state index is 11.9. The Morgan fingerprint density at radius 2 is 1.94 bits per heavy atom. The summed E-state index contributed by atoms with van der Waals surface area (Å²) >= 11 is 0. The van der Waals surface area contributed by atoms with E-state index in [0.717, 1.165) is 0 Å². The van der Waals surface area contributed by atoms with Crippen LogP contribution in [-0.2, 0) is 14.4 Å². The van der Waals surface area contributed by atoms with E-state index in [9.17, 15) is 14.4 Å². The Morgan fingerprint density at radius 3 is 2.33 bits per heavy atom. The molecule has 18 heavy (non-hydrogen) atoms. The fraction of sp³-hybridized carbons (Fsp3) is 0.615. The molecule has 1 aliphatic rings. The Morgan fingerprint density at radius 1 is 1.44 bits per heavy atom. The van der Waals surface area contributed by atoms with Crippen molar-refractivity contribution >= 4 is 17.9 Å². The predicted molar refractivity (Wildman–Crippen MR) is 66.5 cm³/mol. The molecular formula is C13H18N2O3. The number of hydrogen-bond acceptors (Lipinski definition) is 4. The largest absolute Gasteiger partial charge is 0.280 e. The predicted octanol–water partition coefficient (Wildman–Crippen LogP) is 1.44. The van der Waals surface area contributed by atoms with Crippen LogP contribution in [0.3, 0.4) is 0 Å². The van der Waals surface area contributed by atoms with E-state index in [4.69, 9.17) is 0 Å². The van der Waals surface area contributed by atoms with Crippen molar-refractivity contribution in [3.63, 3.8) is 0 Å². The number of rotatable bonds is 4. The van der Waals surface area contributed by atoms with Crippen LogP contribution in [0.15, 0.2) is 17.1 Å². The van der Waals surface area contributed by atoms with Gasteiger partial charge in [0.2, 0.25) is 17.9 Å². The maximum Gasteiger partial charge on any atom is 0.235 e. The highest BCUT2D eigenvalue weighted by atomic mass is 16.2. The fourth-order valence-electron chi connectivity index (χ4n) is 1.96. The van der Waals surface area contributed by atoms with E-state index in [1.807, 2.05) is 13.8 Å². The molecule has 2 amide bonds. The zero-order chi connectivity index (χ0) is 13.9. The van der Waals surface area contributed by atoms with Gasteiger partial charge in [0.15, 0.2) is 0 Å². The average Bonchev–Trinajstić information content (AvgIpc) is 2.19. The van der Waals surface area contributed by atoms with Crippen LogP contribution in [0.1, 0.15) is 33.6 Å². The van der Waals surface area contributed by atoms with Gasteiger partial charge in [-0.1, -0.05) is 26.0 Å². The van der Waals surface area contributed by atoms with Gasteiger partial charge in [-0.3, -0.25) is 14.5 Å². The van der Waals surface area contributed by atoms with Crippen molar-refractivity contribution in [1.29, 1.82) is 0 Å². The first-order chi connectivity index (χ1) is 8.26. The topological polar surface area (TPSA) is 66.8 Å². The van der Waals surface area contributed by atoms with Gasteiger partial charge in [-0.25, -0.2) is 4.79 Å². The fourth-order valence-corrected chi connectivity index (χ4v) is 1.96. The molecule has 0 N–H and O–H groups in total. The molecule has 0 aromatic carbocycles. The van der Waals surface area contributed by atoms with E-state index >= 15 is 0 Å². The van der Waals surface area contributed by atoms with Crippen LogP contribution >= 0.6 is 0 Å². The number of aliphatic imine (C=N–C) groups is 1. The Labute approximate surface area is 107 Å². The molecule has 1 saturated heterocycles. The zero-order valence-electron chi connectivity index (χ0n) is 11.0. The summed E-state index contributed by atoms with van der Waals surface area (Å²) in [7, 11) is 0. The number of imide groups is 1. The monoisotopic (exact) mass is 250 g/mol. The van der Waals surface area contributed by atoms with E-state index in [-0.39, 0.29) is 23.8 Å². The van der Waals surface area contributed by atoms with Crippen molar-refractivity contribution in [2.45, 2.75) is 39.7 Å². The minimum absolute atomic E-state index is 0.0817. The number of carbonyl (C=O) groups excluding carboxylic acids is 3. The number of hydrogen-bond donors (Lipinski definition) is 0. The quantitative estimate of drug-likeness (QED) is 0.328. The van der Waals surface area contributed by atoms with Crippen LogP contribution in [0, 0.1) is 5.41 Å². The van der Waals surface area contributed by atoms with Crippen LogP contribution < -0.4 is 0 Å². The first-order valence-electron chi connectivity index (χ1n) is 5.82. The molecule has 1 aliphatic heterocycles. The van der Waals surface area contributed by atoms with Gasteiger partial charge in [0.25, 0.3) is 0 Å². The highest BCUT2D eigenvalue weighted by Crippen LogP contribution is 2.31. The van der Waals surface area contributed by atoms with Gasteiger partial charge in [-0.05, 0) is 12.3 Å². The molecule has 5 nitrogen and oxygen atoms in total. The van der Waals surface area contributed by atoms with E-state index in [2.05, 4.69) is 11.6 Å². The van der Waals surface area contributed by atoms with Gasteiger partial charge in [0, 0.05) is 12.8 Å². The number of carbonyl (C=O) groups is 2. The Bertz CT molecular complexity index is 412. The van der Waals surface area contributed by atoms with Crippen LogP contribution in [-0.4, -0.2) is 35.4 Å². The van der Waals surface area contributed by atoms with Crippen molar-refractivity contribution in [1.82, 2.24) is 4.90 Å².